The van der Waals surface area contributed by atoms with Gasteiger partial charge >= 0.3 is 0 Å². The Hall–Kier alpha value is -2.32. The standard InChI is InChI=1S/C15H13BrClN5O2/c16-11-5-18-21(7-11)9-15(23)20-13-6-19-22(8-13)10-24-14-3-1-2-12(17)4-14/h1-8H,9-10H2,(H,20,23). The molecule has 7 nitrogen and oxygen atoms in total. The van der Waals surface area contributed by atoms with Crippen molar-refractivity contribution in [2.45, 2.75) is 13.3 Å². The van der Waals surface area contributed by atoms with Crippen molar-refractivity contribution in [1.29, 1.82) is 0 Å². The van der Waals surface area contributed by atoms with Crippen LogP contribution in [0.25, 0.3) is 0 Å². The van der Waals surface area contributed by atoms with Crippen LogP contribution in [0.1, 0.15) is 0 Å². The number of benzene rings is 1. The van der Waals surface area contributed by atoms with E-state index in [4.69, 9.17) is 16.3 Å². The maximum Gasteiger partial charge on any atom is 0.246 e. The molecule has 2 heterocycles. The number of amides is 1. The molecule has 0 aliphatic heterocycles. The topological polar surface area (TPSA) is 74.0 Å². The summed E-state index contributed by atoms with van der Waals surface area (Å²) >= 11 is 9.18. The Bertz CT molecular complexity index is 848. The molecule has 1 aromatic carbocycles. The Morgan fingerprint density at radius 1 is 1.25 bits per heavy atom. The second-order valence-electron chi connectivity index (χ2n) is 4.90. The van der Waals surface area contributed by atoms with Gasteiger partial charge in [0, 0.05) is 11.2 Å². The summed E-state index contributed by atoms with van der Waals surface area (Å²) in [5, 5.41) is 11.5. The van der Waals surface area contributed by atoms with Crippen molar-refractivity contribution >= 4 is 39.1 Å². The Labute approximate surface area is 151 Å². The lowest BCUT2D eigenvalue weighted by Gasteiger charge is -2.06. The summed E-state index contributed by atoms with van der Waals surface area (Å²) in [6.07, 6.45) is 6.58. The van der Waals surface area contributed by atoms with Gasteiger partial charge in [0.25, 0.3) is 0 Å². The zero-order chi connectivity index (χ0) is 16.9. The van der Waals surface area contributed by atoms with Crippen LogP contribution in [0.4, 0.5) is 5.69 Å². The molecule has 0 fully saturated rings. The molecule has 0 spiro atoms. The summed E-state index contributed by atoms with van der Waals surface area (Å²) in [5.41, 5.74) is 0.584. The number of ether oxygens (including phenoxy) is 1. The van der Waals surface area contributed by atoms with E-state index in [1.165, 1.54) is 4.68 Å². The molecule has 0 atom stereocenters. The highest BCUT2D eigenvalue weighted by Crippen LogP contribution is 2.17. The van der Waals surface area contributed by atoms with Crippen LogP contribution in [0.2, 0.25) is 5.02 Å². The SMILES string of the molecule is O=C(Cn1cc(Br)cn1)Nc1cnn(COc2cccc(Cl)c2)c1. The van der Waals surface area contributed by atoms with Gasteiger partial charge in [0.1, 0.15) is 12.3 Å². The number of carbonyl (C=O) groups excluding carboxylic acids is 1. The molecule has 3 rings (SSSR count). The first kappa shape index (κ1) is 16.5. The number of hydrogen-bond acceptors (Lipinski definition) is 4. The fourth-order valence-corrected chi connectivity index (χ4v) is 2.48. The zero-order valence-corrected chi connectivity index (χ0v) is 14.7. The molecular weight excluding hydrogens is 398 g/mol. The molecule has 1 amide bonds. The lowest BCUT2D eigenvalue weighted by molar-refractivity contribution is -0.116. The molecule has 0 unspecified atom stereocenters. The number of anilines is 1. The van der Waals surface area contributed by atoms with Crippen molar-refractivity contribution < 1.29 is 9.53 Å². The first-order valence-electron chi connectivity index (χ1n) is 6.97. The number of nitrogens with zero attached hydrogens (tertiary/aromatic N) is 4. The smallest absolute Gasteiger partial charge is 0.246 e. The number of rotatable bonds is 6. The van der Waals surface area contributed by atoms with Gasteiger partial charge in [-0.15, -0.1) is 0 Å². The Kier molecular flexibility index (Phi) is 5.17. The third kappa shape index (κ3) is 4.59. The molecule has 0 bridgehead atoms. The van der Waals surface area contributed by atoms with E-state index >= 15 is 0 Å². The predicted molar refractivity (Wildman–Crippen MR) is 92.9 cm³/mol. The van der Waals surface area contributed by atoms with Gasteiger partial charge in [0.05, 0.1) is 28.8 Å². The Morgan fingerprint density at radius 3 is 2.83 bits per heavy atom. The number of hydrogen-bond donors (Lipinski definition) is 1. The summed E-state index contributed by atoms with van der Waals surface area (Å²) in [4.78, 5) is 11.9. The molecule has 2 aromatic heterocycles. The fraction of sp³-hybridized carbons (Fsp3) is 0.133. The third-order valence-corrected chi connectivity index (χ3v) is 3.63. The highest BCUT2D eigenvalue weighted by Gasteiger charge is 2.07. The van der Waals surface area contributed by atoms with Crippen molar-refractivity contribution in [2.24, 2.45) is 0 Å². The molecule has 3 aromatic rings. The lowest BCUT2D eigenvalue weighted by Crippen LogP contribution is -2.18. The fourth-order valence-electron chi connectivity index (χ4n) is 1.97. The van der Waals surface area contributed by atoms with Crippen LogP contribution in [-0.2, 0) is 18.1 Å². The van der Waals surface area contributed by atoms with Crippen molar-refractivity contribution in [1.82, 2.24) is 19.6 Å². The second-order valence-corrected chi connectivity index (χ2v) is 6.26. The van der Waals surface area contributed by atoms with E-state index in [2.05, 4.69) is 31.4 Å². The van der Waals surface area contributed by atoms with E-state index in [-0.39, 0.29) is 19.2 Å². The Balaban J connectivity index is 1.52. The van der Waals surface area contributed by atoms with Gasteiger partial charge in [-0.3, -0.25) is 9.48 Å². The number of halogens is 2. The van der Waals surface area contributed by atoms with E-state index in [9.17, 15) is 4.79 Å². The highest BCUT2D eigenvalue weighted by atomic mass is 79.9. The molecule has 124 valence electrons. The first-order valence-corrected chi connectivity index (χ1v) is 8.14. The minimum atomic E-state index is -0.194. The molecule has 0 aliphatic rings. The van der Waals surface area contributed by atoms with Crippen molar-refractivity contribution in [3.8, 4) is 5.75 Å². The van der Waals surface area contributed by atoms with Crippen molar-refractivity contribution in [3.05, 3.63) is 58.5 Å². The van der Waals surface area contributed by atoms with Crippen LogP contribution in [-0.4, -0.2) is 25.5 Å². The molecule has 1 N–H and O–H groups in total. The summed E-state index contributed by atoms with van der Waals surface area (Å²) < 4.78 is 9.50. The van der Waals surface area contributed by atoms with Crippen LogP contribution in [0.15, 0.2) is 53.5 Å². The minimum Gasteiger partial charge on any atom is -0.471 e. The van der Waals surface area contributed by atoms with Crippen LogP contribution >= 0.6 is 27.5 Å². The molecule has 0 saturated heterocycles. The molecule has 0 radical (unpaired) electrons. The van der Waals surface area contributed by atoms with Crippen LogP contribution in [0.5, 0.6) is 5.75 Å². The Morgan fingerprint density at radius 2 is 2.08 bits per heavy atom. The highest BCUT2D eigenvalue weighted by molar-refractivity contribution is 9.10. The van der Waals surface area contributed by atoms with Crippen molar-refractivity contribution in [3.63, 3.8) is 0 Å². The van der Waals surface area contributed by atoms with E-state index < -0.39 is 0 Å². The molecule has 0 saturated carbocycles. The molecule has 9 heteroatoms. The summed E-state index contributed by atoms with van der Waals surface area (Å²) in [7, 11) is 0. The van der Waals surface area contributed by atoms with Gasteiger partial charge in [-0.1, -0.05) is 17.7 Å². The van der Waals surface area contributed by atoms with E-state index in [1.807, 2.05) is 0 Å². The summed E-state index contributed by atoms with van der Waals surface area (Å²) in [6, 6.07) is 7.10. The lowest BCUT2D eigenvalue weighted by atomic mass is 10.3. The predicted octanol–water partition coefficient (Wildman–Crippen LogP) is 3.17. The number of aromatic nitrogens is 4. The minimum absolute atomic E-state index is 0.121. The zero-order valence-electron chi connectivity index (χ0n) is 12.4. The molecule has 24 heavy (non-hydrogen) atoms. The quantitative estimate of drug-likeness (QED) is 0.677. The normalized spacial score (nSPS) is 10.6. The average molecular weight is 411 g/mol. The summed E-state index contributed by atoms with van der Waals surface area (Å²) in [6.45, 7) is 0.331. The van der Waals surface area contributed by atoms with Crippen LogP contribution in [0.3, 0.4) is 0 Å². The van der Waals surface area contributed by atoms with Gasteiger partial charge in [0.2, 0.25) is 5.91 Å². The van der Waals surface area contributed by atoms with Gasteiger partial charge < -0.3 is 10.1 Å². The largest absolute Gasteiger partial charge is 0.471 e. The van der Waals surface area contributed by atoms with Gasteiger partial charge in [0.15, 0.2) is 6.73 Å². The van der Waals surface area contributed by atoms with E-state index in [0.717, 1.165) is 4.47 Å². The number of carbonyl (C=O) groups is 1. The molecular formula is C15H13BrClN5O2. The van der Waals surface area contributed by atoms with Gasteiger partial charge in [-0.2, -0.15) is 10.2 Å². The average Bonchev–Trinajstić information content (AvgIpc) is 3.14. The van der Waals surface area contributed by atoms with Crippen molar-refractivity contribution in [2.75, 3.05) is 5.32 Å². The first-order chi connectivity index (χ1) is 11.6. The summed E-state index contributed by atoms with van der Waals surface area (Å²) in [5.74, 6) is 0.453. The maximum absolute atomic E-state index is 11.9. The second kappa shape index (κ2) is 7.50. The van der Waals surface area contributed by atoms with Gasteiger partial charge in [-0.25, -0.2) is 4.68 Å². The van der Waals surface area contributed by atoms with E-state index in [1.54, 1.807) is 53.7 Å². The van der Waals surface area contributed by atoms with Crippen LogP contribution < -0.4 is 10.1 Å². The van der Waals surface area contributed by atoms with E-state index in [0.29, 0.717) is 16.5 Å². The third-order valence-electron chi connectivity index (χ3n) is 2.98. The van der Waals surface area contributed by atoms with Crippen LogP contribution in [0, 0.1) is 0 Å². The maximum atomic E-state index is 11.9. The number of nitrogens with one attached hydrogen (secondary N) is 1. The molecule has 0 aliphatic carbocycles. The van der Waals surface area contributed by atoms with Gasteiger partial charge in [-0.05, 0) is 34.1 Å². The monoisotopic (exact) mass is 409 g/mol.